The third-order valence-corrected chi connectivity index (χ3v) is 4.61. The van der Waals surface area contributed by atoms with Gasteiger partial charge in [0.25, 0.3) is 0 Å². The predicted molar refractivity (Wildman–Crippen MR) is 113 cm³/mol. The Kier molecular flexibility index (Phi) is 7.14. The molecular formula is C19H30N2O4SSi. The van der Waals surface area contributed by atoms with Crippen molar-refractivity contribution in [3.8, 4) is 11.5 Å². The summed E-state index contributed by atoms with van der Waals surface area (Å²) >= 11 is 0. The van der Waals surface area contributed by atoms with Gasteiger partial charge >= 0.3 is 6.09 Å². The highest BCUT2D eigenvalue weighted by atomic mass is 32.2. The first kappa shape index (κ1) is 23.1. The number of carbonyl (C=O) groups excluding carboxylic acids is 1. The number of alkyl carbamates (subject to hydrolysis) is 1. The van der Waals surface area contributed by atoms with Crippen LogP contribution >= 0.6 is 0 Å². The van der Waals surface area contributed by atoms with E-state index in [1.54, 1.807) is 39.0 Å². The number of benzene rings is 1. The van der Waals surface area contributed by atoms with E-state index in [1.165, 1.54) is 0 Å². The maximum Gasteiger partial charge on any atom is 0.408 e. The molecule has 0 saturated carbocycles. The number of rotatable bonds is 4. The van der Waals surface area contributed by atoms with Crippen molar-refractivity contribution in [2.45, 2.75) is 59.0 Å². The minimum absolute atomic E-state index is 0.320. The number of sulfonamides is 1. The van der Waals surface area contributed by atoms with E-state index in [0.29, 0.717) is 11.3 Å². The van der Waals surface area contributed by atoms with Gasteiger partial charge in [-0.3, -0.25) is 4.72 Å². The van der Waals surface area contributed by atoms with Crippen molar-refractivity contribution in [1.82, 2.24) is 5.32 Å². The zero-order chi connectivity index (χ0) is 21.0. The van der Waals surface area contributed by atoms with Gasteiger partial charge in [-0.05, 0) is 45.4 Å². The summed E-state index contributed by atoms with van der Waals surface area (Å²) in [5.41, 5.74) is 4.48. The molecule has 0 heterocycles. The normalized spacial score (nSPS) is 13.2. The summed E-state index contributed by atoms with van der Waals surface area (Å²) in [5, 5.41) is 2.78. The van der Waals surface area contributed by atoms with Crippen LogP contribution in [0.3, 0.4) is 0 Å². The summed E-state index contributed by atoms with van der Waals surface area (Å²) in [6, 6.07) is 4.90. The monoisotopic (exact) mass is 410 g/mol. The van der Waals surface area contributed by atoms with Crippen LogP contribution in [0.25, 0.3) is 0 Å². The third kappa shape index (κ3) is 9.49. The lowest BCUT2D eigenvalue weighted by molar-refractivity contribution is 0.0508. The van der Waals surface area contributed by atoms with Crippen molar-refractivity contribution < 1.29 is 17.9 Å². The van der Waals surface area contributed by atoms with Crippen molar-refractivity contribution in [3.63, 3.8) is 0 Å². The van der Waals surface area contributed by atoms with Gasteiger partial charge in [0.2, 0.25) is 10.0 Å². The molecule has 1 aromatic rings. The molecule has 1 amide bonds. The molecule has 0 aliphatic rings. The molecule has 0 bridgehead atoms. The SMILES string of the molecule is CC(NC(=O)OC(C)(C)C)c1ccc(NS(C)(=O)=O)c(C#C[Si](C)(C)C)c1. The number of ether oxygens (including phenoxy) is 1. The molecule has 27 heavy (non-hydrogen) atoms. The van der Waals surface area contributed by atoms with E-state index >= 15 is 0 Å². The number of nitrogens with one attached hydrogen (secondary N) is 2. The van der Waals surface area contributed by atoms with Crippen LogP contribution in [-0.2, 0) is 14.8 Å². The van der Waals surface area contributed by atoms with Gasteiger partial charge in [-0.1, -0.05) is 31.6 Å². The number of hydrogen-bond donors (Lipinski definition) is 2. The molecule has 1 aromatic carbocycles. The molecule has 1 rings (SSSR count). The minimum Gasteiger partial charge on any atom is -0.444 e. The van der Waals surface area contributed by atoms with Gasteiger partial charge in [0.15, 0.2) is 0 Å². The molecule has 0 radical (unpaired) electrons. The first-order chi connectivity index (χ1) is 12.1. The Hall–Kier alpha value is -1.98. The summed E-state index contributed by atoms with van der Waals surface area (Å²) in [7, 11) is -5.07. The predicted octanol–water partition coefficient (Wildman–Crippen LogP) is 3.87. The van der Waals surface area contributed by atoms with E-state index in [4.69, 9.17) is 4.74 Å². The van der Waals surface area contributed by atoms with Crippen LogP contribution in [0.5, 0.6) is 0 Å². The molecule has 6 nitrogen and oxygen atoms in total. The maximum absolute atomic E-state index is 12.0. The van der Waals surface area contributed by atoms with Gasteiger partial charge in [0.1, 0.15) is 13.7 Å². The number of hydrogen-bond acceptors (Lipinski definition) is 4. The molecule has 0 fully saturated rings. The van der Waals surface area contributed by atoms with Crippen LogP contribution in [-0.4, -0.2) is 34.4 Å². The molecule has 0 saturated heterocycles. The Morgan fingerprint density at radius 2 is 1.81 bits per heavy atom. The fourth-order valence-electron chi connectivity index (χ4n) is 2.05. The van der Waals surface area contributed by atoms with E-state index in [2.05, 4.69) is 41.1 Å². The number of amides is 1. The molecule has 2 N–H and O–H groups in total. The number of carbonyl (C=O) groups is 1. The fourth-order valence-corrected chi connectivity index (χ4v) is 3.13. The van der Waals surface area contributed by atoms with Crippen molar-refractivity contribution in [3.05, 3.63) is 29.3 Å². The van der Waals surface area contributed by atoms with Gasteiger partial charge in [0.05, 0.1) is 18.0 Å². The lowest BCUT2D eigenvalue weighted by Gasteiger charge is -2.22. The minimum atomic E-state index is -3.42. The van der Waals surface area contributed by atoms with Crippen molar-refractivity contribution in [1.29, 1.82) is 0 Å². The highest BCUT2D eigenvalue weighted by Gasteiger charge is 2.19. The highest BCUT2D eigenvalue weighted by Crippen LogP contribution is 2.22. The maximum atomic E-state index is 12.0. The average Bonchev–Trinajstić information content (AvgIpc) is 2.41. The molecule has 0 aromatic heterocycles. The van der Waals surface area contributed by atoms with E-state index in [9.17, 15) is 13.2 Å². The van der Waals surface area contributed by atoms with E-state index in [1.807, 2.05) is 6.92 Å². The van der Waals surface area contributed by atoms with Crippen molar-refractivity contribution >= 4 is 29.9 Å². The second kappa shape index (κ2) is 8.36. The van der Waals surface area contributed by atoms with Gasteiger partial charge in [-0.2, -0.15) is 0 Å². The van der Waals surface area contributed by atoms with Gasteiger partial charge in [-0.15, -0.1) is 5.54 Å². The summed E-state index contributed by atoms with van der Waals surface area (Å²) in [4.78, 5) is 12.0. The van der Waals surface area contributed by atoms with E-state index < -0.39 is 29.8 Å². The molecule has 8 heteroatoms. The Morgan fingerprint density at radius 1 is 1.22 bits per heavy atom. The Labute approximate surface area is 164 Å². The molecule has 1 unspecified atom stereocenters. The molecule has 0 spiro atoms. The fraction of sp³-hybridized carbons (Fsp3) is 0.526. The van der Waals surface area contributed by atoms with Crippen LogP contribution in [0.15, 0.2) is 18.2 Å². The summed E-state index contributed by atoms with van der Waals surface area (Å²) in [5.74, 6) is 3.10. The van der Waals surface area contributed by atoms with Crippen molar-refractivity contribution in [2.24, 2.45) is 0 Å². The zero-order valence-electron chi connectivity index (χ0n) is 17.4. The van der Waals surface area contributed by atoms with Gasteiger partial charge in [0, 0.05) is 5.56 Å². The van der Waals surface area contributed by atoms with Crippen molar-refractivity contribution in [2.75, 3.05) is 11.0 Å². The van der Waals surface area contributed by atoms with E-state index in [0.717, 1.165) is 11.8 Å². The summed E-state index contributed by atoms with van der Waals surface area (Å²) < 4.78 is 31.0. The second-order valence-corrected chi connectivity index (χ2v) is 15.0. The smallest absolute Gasteiger partial charge is 0.408 e. The Balaban J connectivity index is 3.18. The molecular weight excluding hydrogens is 380 g/mol. The lowest BCUT2D eigenvalue weighted by atomic mass is 10.0. The topological polar surface area (TPSA) is 84.5 Å². The standard InChI is InChI=1S/C19H30N2O4SSi/c1-14(20-18(22)25-19(2,3)4)15-9-10-17(21-26(5,23)24)16(13-15)11-12-27(6,7)8/h9-10,13-14,21H,1-8H3,(H,20,22). The van der Waals surface area contributed by atoms with Gasteiger partial charge in [-0.25, -0.2) is 13.2 Å². The quantitative estimate of drug-likeness (QED) is 0.583. The average molecular weight is 411 g/mol. The van der Waals surface area contributed by atoms with Crippen LogP contribution < -0.4 is 10.0 Å². The first-order valence-electron chi connectivity index (χ1n) is 8.70. The van der Waals surface area contributed by atoms with Crippen LogP contribution in [0.4, 0.5) is 10.5 Å². The summed E-state index contributed by atoms with van der Waals surface area (Å²) in [6.45, 7) is 13.6. The highest BCUT2D eigenvalue weighted by molar-refractivity contribution is 7.92. The van der Waals surface area contributed by atoms with Crippen LogP contribution in [0, 0.1) is 11.5 Å². The third-order valence-electron chi connectivity index (χ3n) is 3.14. The Morgan fingerprint density at radius 3 is 2.30 bits per heavy atom. The van der Waals surface area contributed by atoms with Gasteiger partial charge < -0.3 is 10.1 Å². The van der Waals surface area contributed by atoms with E-state index in [-0.39, 0.29) is 6.04 Å². The molecule has 1 atom stereocenters. The zero-order valence-corrected chi connectivity index (χ0v) is 19.2. The molecule has 150 valence electrons. The largest absolute Gasteiger partial charge is 0.444 e. The first-order valence-corrected chi connectivity index (χ1v) is 14.1. The lowest BCUT2D eigenvalue weighted by Crippen LogP contribution is -2.34. The summed E-state index contributed by atoms with van der Waals surface area (Å²) in [6.07, 6.45) is 0.589. The second-order valence-electron chi connectivity index (χ2n) is 8.55. The molecule has 0 aliphatic carbocycles. The molecule has 0 aliphatic heterocycles. The Bertz CT molecular complexity index is 856. The van der Waals surface area contributed by atoms with Crippen LogP contribution in [0.1, 0.15) is 44.9 Å². The number of anilines is 1. The van der Waals surface area contributed by atoms with Crippen LogP contribution in [0.2, 0.25) is 19.6 Å².